The minimum Gasteiger partial charge on any atom is -0.292 e. The highest BCUT2D eigenvalue weighted by molar-refractivity contribution is 6.02. The van der Waals surface area contributed by atoms with Crippen LogP contribution in [0.15, 0.2) is 48.8 Å². The smallest absolute Gasteiger partial charge is 0.184 e. The number of benzene rings is 1. The summed E-state index contributed by atoms with van der Waals surface area (Å²) in [6.07, 6.45) is 3.17. The number of rotatable bonds is 3. The van der Waals surface area contributed by atoms with Crippen molar-refractivity contribution >= 4 is 5.78 Å². The highest BCUT2D eigenvalue weighted by atomic mass is 16.1. The van der Waals surface area contributed by atoms with Gasteiger partial charge in [0.25, 0.3) is 0 Å². The molecular weight excluding hydrogens is 224 g/mol. The Kier molecular flexibility index (Phi) is 3.49. The summed E-state index contributed by atoms with van der Waals surface area (Å²) >= 11 is 0. The number of Topliss-reactive ketones (excluding diaryl/α,β-unsaturated/α-hetero) is 1. The van der Waals surface area contributed by atoms with Crippen LogP contribution in [0.3, 0.4) is 0 Å². The molecule has 1 atom stereocenters. The molecule has 0 aliphatic heterocycles. The second-order valence-electron chi connectivity index (χ2n) is 4.08. The first-order chi connectivity index (χ1) is 8.72. The third kappa shape index (κ3) is 2.44. The lowest BCUT2D eigenvalue weighted by Crippen LogP contribution is -2.11. The number of carbonyl (C=O) groups is 1. The molecule has 0 fully saturated rings. The molecular formula is C15H12N2O. The van der Waals surface area contributed by atoms with E-state index in [0.29, 0.717) is 11.1 Å². The van der Waals surface area contributed by atoms with Gasteiger partial charge in [-0.25, -0.2) is 0 Å². The van der Waals surface area contributed by atoms with Crippen LogP contribution < -0.4 is 0 Å². The fraction of sp³-hybridized carbons (Fsp3) is 0.133. The monoisotopic (exact) mass is 236 g/mol. The average Bonchev–Trinajstić information content (AvgIpc) is 2.41. The largest absolute Gasteiger partial charge is 0.292 e. The summed E-state index contributed by atoms with van der Waals surface area (Å²) in [5.74, 6) is -0.942. The van der Waals surface area contributed by atoms with Gasteiger partial charge in [-0.1, -0.05) is 23.8 Å². The Balaban J connectivity index is 2.36. The Morgan fingerprint density at radius 1 is 1.28 bits per heavy atom. The van der Waals surface area contributed by atoms with E-state index in [1.807, 2.05) is 19.1 Å². The molecule has 1 aromatic carbocycles. The number of aromatic nitrogens is 1. The zero-order valence-corrected chi connectivity index (χ0v) is 10.00. The molecule has 1 aromatic heterocycles. The third-order valence-corrected chi connectivity index (χ3v) is 2.73. The van der Waals surface area contributed by atoms with Crippen LogP contribution >= 0.6 is 0 Å². The van der Waals surface area contributed by atoms with Gasteiger partial charge in [0.05, 0.1) is 6.07 Å². The zero-order valence-electron chi connectivity index (χ0n) is 10.00. The predicted molar refractivity (Wildman–Crippen MR) is 68.1 cm³/mol. The molecule has 18 heavy (non-hydrogen) atoms. The second-order valence-corrected chi connectivity index (χ2v) is 4.08. The quantitative estimate of drug-likeness (QED) is 0.770. The lowest BCUT2D eigenvalue weighted by Gasteiger charge is -2.08. The van der Waals surface area contributed by atoms with Gasteiger partial charge in [-0.3, -0.25) is 9.78 Å². The molecule has 0 aliphatic rings. The fourth-order valence-electron chi connectivity index (χ4n) is 1.81. The van der Waals surface area contributed by atoms with Crippen LogP contribution in [0.5, 0.6) is 0 Å². The van der Waals surface area contributed by atoms with Crippen molar-refractivity contribution in [3.8, 4) is 6.07 Å². The Morgan fingerprint density at radius 3 is 2.61 bits per heavy atom. The summed E-state index contributed by atoms with van der Waals surface area (Å²) in [6.45, 7) is 1.92. The summed E-state index contributed by atoms with van der Waals surface area (Å²) in [5.41, 5.74) is 2.25. The number of nitrogens with zero attached hydrogens (tertiary/aromatic N) is 2. The van der Waals surface area contributed by atoms with Crippen molar-refractivity contribution in [3.63, 3.8) is 0 Å². The number of carbonyl (C=O) groups excluding carboxylic acids is 1. The number of hydrogen-bond donors (Lipinski definition) is 0. The summed E-state index contributed by atoms with van der Waals surface area (Å²) < 4.78 is 0. The van der Waals surface area contributed by atoms with Crippen LogP contribution in [-0.4, -0.2) is 10.8 Å². The van der Waals surface area contributed by atoms with E-state index in [1.54, 1.807) is 36.7 Å². The standard InChI is InChI=1S/C15H12N2O/c1-11-3-2-4-13(9-11)15(18)14(10-16)12-5-7-17-8-6-12/h2-9,14H,1H3. The Labute approximate surface area is 106 Å². The molecule has 0 N–H and O–H groups in total. The molecule has 0 amide bonds. The van der Waals surface area contributed by atoms with Crippen LogP contribution in [-0.2, 0) is 0 Å². The molecule has 1 heterocycles. The van der Waals surface area contributed by atoms with Crippen LogP contribution in [0.25, 0.3) is 0 Å². The van der Waals surface area contributed by atoms with Gasteiger partial charge < -0.3 is 0 Å². The van der Waals surface area contributed by atoms with E-state index in [4.69, 9.17) is 0 Å². The summed E-state index contributed by atoms with van der Waals surface area (Å²) in [7, 11) is 0. The van der Waals surface area contributed by atoms with E-state index in [2.05, 4.69) is 11.1 Å². The highest BCUT2D eigenvalue weighted by Gasteiger charge is 2.21. The van der Waals surface area contributed by atoms with Gasteiger partial charge in [-0.05, 0) is 30.7 Å². The van der Waals surface area contributed by atoms with Gasteiger partial charge in [-0.2, -0.15) is 5.26 Å². The molecule has 3 nitrogen and oxygen atoms in total. The Bertz CT molecular complexity index is 599. The van der Waals surface area contributed by atoms with Gasteiger partial charge in [0.2, 0.25) is 0 Å². The van der Waals surface area contributed by atoms with Gasteiger partial charge >= 0.3 is 0 Å². The molecule has 0 bridgehead atoms. The van der Waals surface area contributed by atoms with Crippen LogP contribution in [0, 0.1) is 18.3 Å². The van der Waals surface area contributed by atoms with Crippen LogP contribution in [0.2, 0.25) is 0 Å². The Morgan fingerprint density at radius 2 is 2.00 bits per heavy atom. The van der Waals surface area contributed by atoms with E-state index in [-0.39, 0.29) is 5.78 Å². The number of pyridine rings is 1. The third-order valence-electron chi connectivity index (χ3n) is 2.73. The highest BCUT2D eigenvalue weighted by Crippen LogP contribution is 2.20. The minimum absolute atomic E-state index is 0.174. The molecule has 3 heteroatoms. The van der Waals surface area contributed by atoms with Crippen molar-refractivity contribution in [2.45, 2.75) is 12.8 Å². The topological polar surface area (TPSA) is 53.8 Å². The number of hydrogen-bond acceptors (Lipinski definition) is 3. The summed E-state index contributed by atoms with van der Waals surface area (Å²) in [4.78, 5) is 16.2. The first-order valence-corrected chi connectivity index (χ1v) is 5.63. The van der Waals surface area contributed by atoms with Gasteiger partial charge in [0.1, 0.15) is 5.92 Å². The summed E-state index contributed by atoms with van der Waals surface area (Å²) in [5, 5.41) is 9.19. The van der Waals surface area contributed by atoms with Crippen molar-refractivity contribution in [1.82, 2.24) is 4.98 Å². The van der Waals surface area contributed by atoms with Crippen molar-refractivity contribution in [3.05, 3.63) is 65.5 Å². The zero-order chi connectivity index (χ0) is 13.0. The van der Waals surface area contributed by atoms with E-state index in [0.717, 1.165) is 5.56 Å². The Hall–Kier alpha value is -2.47. The van der Waals surface area contributed by atoms with Crippen LogP contribution in [0.4, 0.5) is 0 Å². The second kappa shape index (κ2) is 5.24. The maximum atomic E-state index is 12.3. The SMILES string of the molecule is Cc1cccc(C(=O)C(C#N)c2ccncc2)c1. The summed E-state index contributed by atoms with van der Waals surface area (Å²) in [6, 6.07) is 12.7. The molecule has 88 valence electrons. The van der Waals surface area contributed by atoms with Gasteiger partial charge in [0.15, 0.2) is 5.78 Å². The number of ketones is 1. The lowest BCUT2D eigenvalue weighted by atomic mass is 9.92. The lowest BCUT2D eigenvalue weighted by molar-refractivity contribution is 0.0979. The molecule has 0 saturated heterocycles. The van der Waals surface area contributed by atoms with E-state index >= 15 is 0 Å². The fourth-order valence-corrected chi connectivity index (χ4v) is 1.81. The number of nitriles is 1. The maximum Gasteiger partial charge on any atom is 0.184 e. The molecule has 1 unspecified atom stereocenters. The van der Waals surface area contributed by atoms with Crippen LogP contribution in [0.1, 0.15) is 27.4 Å². The van der Waals surface area contributed by atoms with E-state index < -0.39 is 5.92 Å². The van der Waals surface area contributed by atoms with Crippen molar-refractivity contribution in [2.75, 3.05) is 0 Å². The van der Waals surface area contributed by atoms with Gasteiger partial charge in [0, 0.05) is 18.0 Å². The molecule has 0 spiro atoms. The normalized spacial score (nSPS) is 11.6. The minimum atomic E-state index is -0.769. The molecule has 0 radical (unpaired) electrons. The van der Waals surface area contributed by atoms with Crippen molar-refractivity contribution in [2.24, 2.45) is 0 Å². The molecule has 0 aliphatic carbocycles. The van der Waals surface area contributed by atoms with Crippen molar-refractivity contribution in [1.29, 1.82) is 5.26 Å². The van der Waals surface area contributed by atoms with Crippen molar-refractivity contribution < 1.29 is 4.79 Å². The predicted octanol–water partition coefficient (Wildman–Crippen LogP) is 2.88. The average molecular weight is 236 g/mol. The van der Waals surface area contributed by atoms with E-state index in [9.17, 15) is 10.1 Å². The van der Waals surface area contributed by atoms with E-state index in [1.165, 1.54) is 0 Å². The van der Waals surface area contributed by atoms with Gasteiger partial charge in [-0.15, -0.1) is 0 Å². The number of aryl methyl sites for hydroxylation is 1. The molecule has 0 saturated carbocycles. The first kappa shape index (κ1) is 12.0. The maximum absolute atomic E-state index is 12.3. The molecule has 2 aromatic rings. The first-order valence-electron chi connectivity index (χ1n) is 5.63. The molecule has 2 rings (SSSR count).